The summed E-state index contributed by atoms with van der Waals surface area (Å²) in [6.07, 6.45) is 3.76. The number of aromatic nitrogens is 1. The number of rotatable bonds is 3. The molecule has 1 aromatic rings. The molecule has 0 unspecified atom stereocenters. The summed E-state index contributed by atoms with van der Waals surface area (Å²) in [5.41, 5.74) is 0.772. The third kappa shape index (κ3) is 1.91. The highest BCUT2D eigenvalue weighted by atomic mass is 32.1. The van der Waals surface area contributed by atoms with Crippen LogP contribution in [0.25, 0.3) is 0 Å². The Morgan fingerprint density at radius 1 is 1.67 bits per heavy atom. The molecule has 1 fully saturated rings. The Hall–Kier alpha value is -0.900. The van der Waals surface area contributed by atoms with Gasteiger partial charge in [-0.15, -0.1) is 11.3 Å². The van der Waals surface area contributed by atoms with Crippen LogP contribution >= 0.6 is 11.3 Å². The second-order valence-corrected chi connectivity index (χ2v) is 5.13. The smallest absolute Gasteiger partial charge is 0.312 e. The summed E-state index contributed by atoms with van der Waals surface area (Å²) in [6, 6.07) is 0. The first-order chi connectivity index (χ1) is 7.16. The van der Waals surface area contributed by atoms with Gasteiger partial charge in [-0.2, -0.15) is 0 Å². The molecule has 0 spiro atoms. The normalized spacial score (nSPS) is 18.3. The summed E-state index contributed by atoms with van der Waals surface area (Å²) >= 11 is 1.63. The van der Waals surface area contributed by atoms with Gasteiger partial charge >= 0.3 is 5.97 Å². The molecule has 0 atom stereocenters. The maximum absolute atomic E-state index is 11.7. The van der Waals surface area contributed by atoms with E-state index >= 15 is 0 Å². The van der Waals surface area contributed by atoms with Crippen LogP contribution in [0.1, 0.15) is 30.0 Å². The highest BCUT2D eigenvalue weighted by Crippen LogP contribution is 2.45. The number of ether oxygens (including phenoxy) is 1. The van der Waals surface area contributed by atoms with Gasteiger partial charge in [0, 0.05) is 17.5 Å². The number of hydrogen-bond donors (Lipinski definition) is 0. The lowest BCUT2D eigenvalue weighted by Crippen LogP contribution is -2.40. The second-order valence-electron chi connectivity index (χ2n) is 4.18. The fraction of sp³-hybridized carbons (Fsp3) is 0.636. The van der Waals surface area contributed by atoms with Crippen molar-refractivity contribution in [2.75, 3.05) is 7.11 Å². The van der Waals surface area contributed by atoms with Gasteiger partial charge in [0.05, 0.1) is 17.5 Å². The average Bonchev–Trinajstić information content (AvgIpc) is 2.56. The highest BCUT2D eigenvalue weighted by Gasteiger charge is 2.45. The molecular weight excluding hydrogens is 210 g/mol. The van der Waals surface area contributed by atoms with E-state index in [4.69, 9.17) is 4.74 Å². The first-order valence-corrected chi connectivity index (χ1v) is 6.04. The van der Waals surface area contributed by atoms with Crippen molar-refractivity contribution in [2.45, 2.75) is 32.6 Å². The van der Waals surface area contributed by atoms with Gasteiger partial charge in [0.15, 0.2) is 0 Å². The van der Waals surface area contributed by atoms with Crippen molar-refractivity contribution in [3.05, 3.63) is 16.1 Å². The van der Waals surface area contributed by atoms with E-state index in [2.05, 4.69) is 4.98 Å². The predicted octanol–water partition coefficient (Wildman–Crippen LogP) is 2.34. The van der Waals surface area contributed by atoms with Crippen LogP contribution in [0.4, 0.5) is 0 Å². The van der Waals surface area contributed by atoms with Crippen molar-refractivity contribution in [2.24, 2.45) is 5.41 Å². The number of hydrogen-bond acceptors (Lipinski definition) is 4. The molecule has 3 nitrogen and oxygen atoms in total. The summed E-state index contributed by atoms with van der Waals surface area (Å²) in [5, 5.41) is 3.08. The fourth-order valence-electron chi connectivity index (χ4n) is 2.05. The van der Waals surface area contributed by atoms with Crippen LogP contribution in [0, 0.1) is 12.3 Å². The van der Waals surface area contributed by atoms with Crippen LogP contribution in [0.3, 0.4) is 0 Å². The lowest BCUT2D eigenvalue weighted by molar-refractivity contribution is -0.158. The minimum absolute atomic E-state index is 0.0680. The zero-order valence-corrected chi connectivity index (χ0v) is 9.89. The molecule has 1 aliphatic carbocycles. The van der Waals surface area contributed by atoms with Gasteiger partial charge in [0.1, 0.15) is 0 Å². The van der Waals surface area contributed by atoms with Gasteiger partial charge in [0.25, 0.3) is 0 Å². The third-order valence-electron chi connectivity index (χ3n) is 3.09. The zero-order valence-electron chi connectivity index (χ0n) is 9.08. The van der Waals surface area contributed by atoms with Crippen LogP contribution in [-0.4, -0.2) is 18.1 Å². The van der Waals surface area contributed by atoms with Crippen molar-refractivity contribution in [1.29, 1.82) is 0 Å². The monoisotopic (exact) mass is 225 g/mol. The van der Waals surface area contributed by atoms with E-state index in [1.54, 1.807) is 11.3 Å². The van der Waals surface area contributed by atoms with Gasteiger partial charge in [-0.05, 0) is 19.8 Å². The molecular formula is C11H15NO2S. The van der Waals surface area contributed by atoms with Gasteiger partial charge in [-0.1, -0.05) is 6.42 Å². The Morgan fingerprint density at radius 2 is 2.40 bits per heavy atom. The molecule has 0 saturated heterocycles. The van der Waals surface area contributed by atoms with Gasteiger partial charge in [0.2, 0.25) is 0 Å². The Kier molecular flexibility index (Phi) is 2.78. The molecule has 1 aliphatic rings. The van der Waals surface area contributed by atoms with E-state index < -0.39 is 0 Å². The summed E-state index contributed by atoms with van der Waals surface area (Å²) < 4.78 is 4.87. The van der Waals surface area contributed by atoms with Crippen molar-refractivity contribution in [1.82, 2.24) is 4.98 Å². The molecule has 1 aromatic heterocycles. The molecule has 1 heterocycles. The minimum atomic E-state index is -0.265. The Balaban J connectivity index is 2.11. The Bertz CT molecular complexity index is 368. The van der Waals surface area contributed by atoms with Gasteiger partial charge in [-0.25, -0.2) is 4.98 Å². The van der Waals surface area contributed by atoms with Crippen LogP contribution in [0.15, 0.2) is 5.38 Å². The summed E-state index contributed by atoms with van der Waals surface area (Å²) in [4.78, 5) is 16.1. The fourth-order valence-corrected chi connectivity index (χ4v) is 2.96. The molecule has 0 amide bonds. The van der Waals surface area contributed by atoms with E-state index in [0.29, 0.717) is 0 Å². The molecule has 0 N–H and O–H groups in total. The van der Waals surface area contributed by atoms with Crippen molar-refractivity contribution >= 4 is 17.3 Å². The number of thiazole rings is 1. The molecule has 1 saturated carbocycles. The summed E-state index contributed by atoms with van der Waals surface area (Å²) in [7, 11) is 1.47. The second kappa shape index (κ2) is 3.93. The molecule has 15 heavy (non-hydrogen) atoms. The first kappa shape index (κ1) is 10.6. The highest BCUT2D eigenvalue weighted by molar-refractivity contribution is 7.09. The van der Waals surface area contributed by atoms with Crippen LogP contribution in [0.5, 0.6) is 0 Å². The molecule has 0 aliphatic heterocycles. The Morgan fingerprint density at radius 3 is 2.80 bits per heavy atom. The molecule has 0 radical (unpaired) electrons. The van der Waals surface area contributed by atoms with E-state index in [0.717, 1.165) is 36.4 Å². The number of esters is 1. The number of carbonyl (C=O) groups is 1. The van der Waals surface area contributed by atoms with Crippen molar-refractivity contribution < 1.29 is 9.53 Å². The molecule has 2 rings (SSSR count). The van der Waals surface area contributed by atoms with E-state index in [1.165, 1.54) is 7.11 Å². The third-order valence-corrected chi connectivity index (χ3v) is 4.05. The topological polar surface area (TPSA) is 39.2 Å². The first-order valence-electron chi connectivity index (χ1n) is 5.16. The molecule has 0 aromatic carbocycles. The largest absolute Gasteiger partial charge is 0.469 e. The molecule has 4 heteroatoms. The van der Waals surface area contributed by atoms with Crippen LogP contribution in [0.2, 0.25) is 0 Å². The number of methoxy groups -OCH3 is 1. The van der Waals surface area contributed by atoms with Crippen molar-refractivity contribution in [3.63, 3.8) is 0 Å². The van der Waals surface area contributed by atoms with Crippen LogP contribution in [-0.2, 0) is 16.0 Å². The standard InChI is InChI=1S/C11H15NO2S/c1-8-7-15-9(12-8)6-11(4-3-5-11)10(13)14-2/h7H,3-6H2,1-2H3. The Labute approximate surface area is 93.5 Å². The summed E-state index contributed by atoms with van der Waals surface area (Å²) in [5.74, 6) is -0.0680. The van der Waals surface area contributed by atoms with Gasteiger partial charge in [-0.3, -0.25) is 4.79 Å². The lowest BCUT2D eigenvalue weighted by atomic mass is 9.67. The number of carbonyl (C=O) groups excluding carboxylic acids is 1. The zero-order chi connectivity index (χ0) is 10.9. The SMILES string of the molecule is COC(=O)C1(Cc2nc(C)cs2)CCC1. The molecule has 82 valence electrons. The molecule has 0 bridgehead atoms. The minimum Gasteiger partial charge on any atom is -0.469 e. The van der Waals surface area contributed by atoms with Crippen molar-refractivity contribution in [3.8, 4) is 0 Å². The predicted molar refractivity (Wildman–Crippen MR) is 58.9 cm³/mol. The quantitative estimate of drug-likeness (QED) is 0.741. The average molecular weight is 225 g/mol. The van der Waals surface area contributed by atoms with E-state index in [1.807, 2.05) is 12.3 Å². The van der Waals surface area contributed by atoms with E-state index in [9.17, 15) is 4.79 Å². The van der Waals surface area contributed by atoms with E-state index in [-0.39, 0.29) is 11.4 Å². The number of nitrogens with zero attached hydrogens (tertiary/aromatic N) is 1. The maximum Gasteiger partial charge on any atom is 0.312 e. The summed E-state index contributed by atoms with van der Waals surface area (Å²) in [6.45, 7) is 1.98. The lowest BCUT2D eigenvalue weighted by Gasteiger charge is -2.38. The maximum atomic E-state index is 11.7. The number of aryl methyl sites for hydroxylation is 1. The van der Waals surface area contributed by atoms with Gasteiger partial charge < -0.3 is 4.74 Å². The van der Waals surface area contributed by atoms with Crippen LogP contribution < -0.4 is 0 Å².